The monoisotopic (exact) mass is 352 g/mol. The van der Waals surface area contributed by atoms with E-state index in [0.29, 0.717) is 12.4 Å². The number of rotatable bonds is 5. The highest BCUT2D eigenvalue weighted by molar-refractivity contribution is 7.99. The molecule has 0 aromatic heterocycles. The topological polar surface area (TPSA) is 65.0 Å². The van der Waals surface area contributed by atoms with E-state index in [0.717, 1.165) is 5.56 Å². The minimum absolute atomic E-state index is 0.309. The lowest BCUT2D eigenvalue weighted by atomic mass is 10.1. The standard InChI is InChI=1S/C18H24O5S/c1-4-21-17(20)12-14-15(23-18(2,3)22-14)13(19)16(12)24-10-11-8-6-5-7-9-11/h5-9,12-16,19H,4,10H2,1-3H3/t12-,13-,14+,15-,16+/m0/s1. The molecule has 5 atom stereocenters. The second-order valence-electron chi connectivity index (χ2n) is 6.59. The van der Waals surface area contributed by atoms with Gasteiger partial charge in [-0.2, -0.15) is 0 Å². The highest BCUT2D eigenvalue weighted by atomic mass is 32.2. The molecule has 0 bridgehead atoms. The molecule has 1 N–H and O–H groups in total. The number of thioether (sulfide) groups is 1. The lowest BCUT2D eigenvalue weighted by molar-refractivity contribution is -0.173. The Morgan fingerprint density at radius 3 is 2.58 bits per heavy atom. The number of hydrogen-bond donors (Lipinski definition) is 1. The summed E-state index contributed by atoms with van der Waals surface area (Å²) in [6, 6.07) is 9.99. The third-order valence-corrected chi connectivity index (χ3v) is 5.85. The molecular formula is C18H24O5S. The molecule has 0 radical (unpaired) electrons. The SMILES string of the molecule is CCOC(=O)[C@H]1[C@H]2OC(C)(C)O[C@H]2[C@H](O)[C@@H]1SCc1ccccc1. The number of fused-ring (bicyclic) bond motifs is 1. The number of aliphatic hydroxyl groups is 1. The normalized spacial score (nSPS) is 34.1. The van der Waals surface area contributed by atoms with E-state index in [-0.39, 0.29) is 11.2 Å². The van der Waals surface area contributed by atoms with Crippen LogP contribution in [0.4, 0.5) is 0 Å². The van der Waals surface area contributed by atoms with Crippen LogP contribution in [0.15, 0.2) is 30.3 Å². The predicted octanol–water partition coefficient (Wildman–Crippen LogP) is 2.36. The molecule has 3 rings (SSSR count). The van der Waals surface area contributed by atoms with Gasteiger partial charge in [0.05, 0.1) is 12.7 Å². The molecule has 0 amide bonds. The van der Waals surface area contributed by atoms with Crippen LogP contribution in [-0.4, -0.2) is 47.0 Å². The second-order valence-corrected chi connectivity index (χ2v) is 7.76. The molecule has 2 fully saturated rings. The minimum Gasteiger partial charge on any atom is -0.466 e. The van der Waals surface area contributed by atoms with E-state index in [2.05, 4.69) is 0 Å². The summed E-state index contributed by atoms with van der Waals surface area (Å²) in [5.74, 6) is -0.936. The second kappa shape index (κ2) is 7.04. The van der Waals surface area contributed by atoms with E-state index in [1.807, 2.05) is 30.3 Å². The number of benzene rings is 1. The summed E-state index contributed by atoms with van der Waals surface area (Å²) in [7, 11) is 0. The summed E-state index contributed by atoms with van der Waals surface area (Å²) in [6.45, 7) is 5.69. The van der Waals surface area contributed by atoms with Gasteiger partial charge < -0.3 is 19.3 Å². The average molecular weight is 352 g/mol. The number of carbonyl (C=O) groups excluding carboxylic acids is 1. The van der Waals surface area contributed by atoms with Crippen molar-refractivity contribution in [2.24, 2.45) is 5.92 Å². The molecule has 1 aliphatic heterocycles. The van der Waals surface area contributed by atoms with Gasteiger partial charge in [0, 0.05) is 11.0 Å². The Bertz CT molecular complexity index is 576. The van der Waals surface area contributed by atoms with Crippen LogP contribution in [0.2, 0.25) is 0 Å². The summed E-state index contributed by atoms with van der Waals surface area (Å²) in [5, 5.41) is 10.4. The molecule has 1 saturated heterocycles. The zero-order valence-electron chi connectivity index (χ0n) is 14.2. The molecule has 0 unspecified atom stereocenters. The molecule has 5 nitrogen and oxygen atoms in total. The molecule has 6 heteroatoms. The van der Waals surface area contributed by atoms with Crippen LogP contribution in [0.5, 0.6) is 0 Å². The molecule has 2 aliphatic rings. The maximum Gasteiger partial charge on any atom is 0.312 e. The quantitative estimate of drug-likeness (QED) is 0.821. The molecule has 132 valence electrons. The van der Waals surface area contributed by atoms with Crippen molar-refractivity contribution in [2.45, 2.75) is 55.9 Å². The molecule has 1 saturated carbocycles. The van der Waals surface area contributed by atoms with Crippen molar-refractivity contribution < 1.29 is 24.1 Å². The van der Waals surface area contributed by atoms with Crippen molar-refractivity contribution in [3.63, 3.8) is 0 Å². The minimum atomic E-state index is -0.796. The number of esters is 1. The van der Waals surface area contributed by atoms with Crippen molar-refractivity contribution in [1.82, 2.24) is 0 Å². The van der Waals surface area contributed by atoms with Crippen LogP contribution in [0.3, 0.4) is 0 Å². The van der Waals surface area contributed by atoms with E-state index in [9.17, 15) is 9.90 Å². The molecule has 1 aliphatic carbocycles. The number of carbonyl (C=O) groups is 1. The third kappa shape index (κ3) is 3.47. The van der Waals surface area contributed by atoms with Crippen molar-refractivity contribution in [1.29, 1.82) is 0 Å². The largest absolute Gasteiger partial charge is 0.466 e. The van der Waals surface area contributed by atoms with E-state index in [1.165, 1.54) is 0 Å². The number of aliphatic hydroxyl groups excluding tert-OH is 1. The van der Waals surface area contributed by atoms with Gasteiger partial charge >= 0.3 is 5.97 Å². The van der Waals surface area contributed by atoms with Gasteiger partial charge in [-0.1, -0.05) is 30.3 Å². The van der Waals surface area contributed by atoms with Crippen molar-refractivity contribution in [3.8, 4) is 0 Å². The first-order chi connectivity index (χ1) is 11.4. The Labute approximate surface area is 146 Å². The summed E-state index contributed by atoms with van der Waals surface area (Å²) < 4.78 is 17.0. The van der Waals surface area contributed by atoms with Gasteiger partial charge in [0.2, 0.25) is 0 Å². The van der Waals surface area contributed by atoms with Crippen LogP contribution < -0.4 is 0 Å². The Balaban J connectivity index is 1.77. The van der Waals surface area contributed by atoms with Gasteiger partial charge in [0.25, 0.3) is 0 Å². The maximum atomic E-state index is 12.5. The molecule has 24 heavy (non-hydrogen) atoms. The molecular weight excluding hydrogens is 328 g/mol. The molecule has 0 spiro atoms. The van der Waals surface area contributed by atoms with Crippen LogP contribution in [0.1, 0.15) is 26.3 Å². The van der Waals surface area contributed by atoms with Gasteiger partial charge in [-0.05, 0) is 26.3 Å². The lowest BCUT2D eigenvalue weighted by Crippen LogP contribution is -2.37. The van der Waals surface area contributed by atoms with E-state index >= 15 is 0 Å². The Morgan fingerprint density at radius 2 is 1.92 bits per heavy atom. The van der Waals surface area contributed by atoms with Gasteiger partial charge in [-0.25, -0.2) is 0 Å². The van der Waals surface area contributed by atoms with Gasteiger partial charge in [-0.3, -0.25) is 4.79 Å². The molecule has 1 aromatic carbocycles. The fourth-order valence-electron chi connectivity index (χ4n) is 3.42. The zero-order valence-corrected chi connectivity index (χ0v) is 15.0. The maximum absolute atomic E-state index is 12.5. The number of hydrogen-bond acceptors (Lipinski definition) is 6. The van der Waals surface area contributed by atoms with Crippen molar-refractivity contribution >= 4 is 17.7 Å². The van der Waals surface area contributed by atoms with Crippen LogP contribution in [0.25, 0.3) is 0 Å². The average Bonchev–Trinajstić information content (AvgIpc) is 2.98. The van der Waals surface area contributed by atoms with E-state index in [4.69, 9.17) is 14.2 Å². The highest BCUT2D eigenvalue weighted by Crippen LogP contribution is 2.47. The first kappa shape index (κ1) is 17.7. The number of ether oxygens (including phenoxy) is 3. The van der Waals surface area contributed by atoms with Crippen molar-refractivity contribution in [3.05, 3.63) is 35.9 Å². The first-order valence-corrected chi connectivity index (χ1v) is 9.33. The fourth-order valence-corrected chi connectivity index (χ4v) is 4.82. The van der Waals surface area contributed by atoms with Crippen LogP contribution >= 0.6 is 11.8 Å². The van der Waals surface area contributed by atoms with Crippen molar-refractivity contribution in [2.75, 3.05) is 6.61 Å². The van der Waals surface area contributed by atoms with E-state index in [1.54, 1.807) is 32.5 Å². The predicted molar refractivity (Wildman–Crippen MR) is 91.5 cm³/mol. The summed E-state index contributed by atoms with van der Waals surface area (Å²) in [6.07, 6.45) is -1.73. The summed E-state index contributed by atoms with van der Waals surface area (Å²) in [4.78, 5) is 12.5. The Kier molecular flexibility index (Phi) is 5.20. The summed E-state index contributed by atoms with van der Waals surface area (Å²) >= 11 is 1.55. The Hall–Kier alpha value is -1.08. The smallest absolute Gasteiger partial charge is 0.312 e. The molecule has 1 aromatic rings. The fraction of sp³-hybridized carbons (Fsp3) is 0.611. The Morgan fingerprint density at radius 1 is 1.25 bits per heavy atom. The third-order valence-electron chi connectivity index (χ3n) is 4.39. The van der Waals surface area contributed by atoms with Crippen LogP contribution in [0, 0.1) is 5.92 Å². The summed E-state index contributed by atoms with van der Waals surface area (Å²) in [5.41, 5.74) is 1.15. The lowest BCUT2D eigenvalue weighted by Gasteiger charge is -2.27. The highest BCUT2D eigenvalue weighted by Gasteiger charge is 2.61. The first-order valence-electron chi connectivity index (χ1n) is 8.29. The van der Waals surface area contributed by atoms with Crippen LogP contribution in [-0.2, 0) is 24.8 Å². The van der Waals surface area contributed by atoms with Gasteiger partial charge in [0.1, 0.15) is 18.1 Å². The van der Waals surface area contributed by atoms with Gasteiger partial charge in [0.15, 0.2) is 5.79 Å². The van der Waals surface area contributed by atoms with Gasteiger partial charge in [-0.15, -0.1) is 11.8 Å². The zero-order chi connectivity index (χ0) is 17.3. The molecule has 1 heterocycles. The van der Waals surface area contributed by atoms with E-state index < -0.39 is 30.0 Å².